The van der Waals surface area contributed by atoms with E-state index in [4.69, 9.17) is 9.47 Å². The molecule has 0 aliphatic rings. The number of anilines is 1. The maximum Gasteiger partial charge on any atom is 0.265 e. The Balaban J connectivity index is 1.96. The molecule has 0 saturated carbocycles. The van der Waals surface area contributed by atoms with Gasteiger partial charge in [0.25, 0.3) is 5.91 Å². The van der Waals surface area contributed by atoms with Gasteiger partial charge in [0.1, 0.15) is 11.5 Å². The quantitative estimate of drug-likeness (QED) is 0.664. The van der Waals surface area contributed by atoms with Crippen LogP contribution in [0.25, 0.3) is 0 Å². The summed E-state index contributed by atoms with van der Waals surface area (Å²) >= 11 is 0. The normalized spacial score (nSPS) is 11.6. The van der Waals surface area contributed by atoms with Gasteiger partial charge in [0.15, 0.2) is 6.10 Å². The number of carbonyl (C=O) groups is 1. The Labute approximate surface area is 150 Å². The van der Waals surface area contributed by atoms with E-state index in [9.17, 15) is 4.79 Å². The van der Waals surface area contributed by atoms with Crippen molar-refractivity contribution in [2.75, 3.05) is 11.9 Å². The van der Waals surface area contributed by atoms with Crippen LogP contribution >= 0.6 is 0 Å². The van der Waals surface area contributed by atoms with Crippen LogP contribution in [0.5, 0.6) is 11.5 Å². The average molecular weight is 341 g/mol. The van der Waals surface area contributed by atoms with E-state index < -0.39 is 6.10 Å². The molecule has 0 aromatic heterocycles. The molecule has 1 N–H and O–H groups in total. The standard InChI is InChI=1S/C21H27NO3/c1-4-6-15-24-20-10-8-7-9-19(20)22-21(23)16(3)25-18-13-11-17(5-2)12-14-18/h7-14,16H,4-6,15H2,1-3H3,(H,22,23). The third-order valence-corrected chi connectivity index (χ3v) is 3.91. The number of ether oxygens (including phenoxy) is 2. The molecule has 0 saturated heterocycles. The van der Waals surface area contributed by atoms with Crippen LogP contribution in [0.4, 0.5) is 5.69 Å². The van der Waals surface area contributed by atoms with Gasteiger partial charge in [-0.2, -0.15) is 0 Å². The number of benzene rings is 2. The molecule has 0 heterocycles. The number of hydrogen-bond donors (Lipinski definition) is 1. The molecule has 0 aliphatic heterocycles. The van der Waals surface area contributed by atoms with Crippen LogP contribution in [-0.2, 0) is 11.2 Å². The fraction of sp³-hybridized carbons (Fsp3) is 0.381. The van der Waals surface area contributed by atoms with Crippen molar-refractivity contribution in [2.45, 2.75) is 46.1 Å². The molecular formula is C21H27NO3. The molecular weight excluding hydrogens is 314 g/mol. The van der Waals surface area contributed by atoms with Crippen molar-refractivity contribution in [3.8, 4) is 11.5 Å². The van der Waals surface area contributed by atoms with Crippen molar-refractivity contribution >= 4 is 11.6 Å². The van der Waals surface area contributed by atoms with E-state index in [1.807, 2.05) is 48.5 Å². The molecule has 0 bridgehead atoms. The Hall–Kier alpha value is -2.49. The number of aryl methyl sites for hydroxylation is 1. The molecule has 1 unspecified atom stereocenters. The fourth-order valence-electron chi connectivity index (χ4n) is 2.32. The largest absolute Gasteiger partial charge is 0.491 e. The molecule has 0 aliphatic carbocycles. The van der Waals surface area contributed by atoms with E-state index in [1.54, 1.807) is 6.92 Å². The van der Waals surface area contributed by atoms with Crippen LogP contribution in [0, 0.1) is 0 Å². The van der Waals surface area contributed by atoms with E-state index in [2.05, 4.69) is 19.2 Å². The molecule has 2 aromatic rings. The minimum atomic E-state index is -0.601. The summed E-state index contributed by atoms with van der Waals surface area (Å²) in [6, 6.07) is 15.3. The minimum absolute atomic E-state index is 0.203. The van der Waals surface area contributed by atoms with Gasteiger partial charge < -0.3 is 14.8 Å². The first-order valence-electron chi connectivity index (χ1n) is 8.92. The lowest BCUT2D eigenvalue weighted by atomic mass is 10.2. The van der Waals surface area contributed by atoms with Gasteiger partial charge in [-0.05, 0) is 49.6 Å². The second-order valence-electron chi connectivity index (χ2n) is 5.95. The summed E-state index contributed by atoms with van der Waals surface area (Å²) < 4.78 is 11.5. The summed E-state index contributed by atoms with van der Waals surface area (Å²) in [5.74, 6) is 1.17. The van der Waals surface area contributed by atoms with Gasteiger partial charge in [-0.3, -0.25) is 4.79 Å². The first-order chi connectivity index (χ1) is 12.1. The lowest BCUT2D eigenvalue weighted by molar-refractivity contribution is -0.122. The number of hydrogen-bond acceptors (Lipinski definition) is 3. The topological polar surface area (TPSA) is 47.6 Å². The minimum Gasteiger partial charge on any atom is -0.491 e. The summed E-state index contributed by atoms with van der Waals surface area (Å²) in [7, 11) is 0. The highest BCUT2D eigenvalue weighted by atomic mass is 16.5. The SMILES string of the molecule is CCCCOc1ccccc1NC(=O)C(C)Oc1ccc(CC)cc1. The molecule has 1 amide bonds. The van der Waals surface area contributed by atoms with Crippen LogP contribution in [0.1, 0.15) is 39.2 Å². The van der Waals surface area contributed by atoms with Crippen LogP contribution in [0.15, 0.2) is 48.5 Å². The van der Waals surface area contributed by atoms with Crippen molar-refractivity contribution in [1.82, 2.24) is 0 Å². The summed E-state index contributed by atoms with van der Waals surface area (Å²) in [5.41, 5.74) is 1.91. The van der Waals surface area contributed by atoms with Gasteiger partial charge in [-0.15, -0.1) is 0 Å². The lowest BCUT2D eigenvalue weighted by Crippen LogP contribution is -2.30. The maximum atomic E-state index is 12.4. The van der Waals surface area contributed by atoms with Crippen LogP contribution in [0.2, 0.25) is 0 Å². The van der Waals surface area contributed by atoms with Crippen LogP contribution in [0.3, 0.4) is 0 Å². The summed E-state index contributed by atoms with van der Waals surface area (Å²) in [6.07, 6.45) is 2.42. The Morgan fingerprint density at radius 1 is 1.08 bits per heavy atom. The van der Waals surface area contributed by atoms with Gasteiger partial charge in [0, 0.05) is 0 Å². The Bertz CT molecular complexity index is 667. The van der Waals surface area contributed by atoms with Crippen molar-refractivity contribution in [2.24, 2.45) is 0 Å². The number of nitrogens with one attached hydrogen (secondary N) is 1. The number of carbonyl (C=O) groups excluding carboxylic acids is 1. The molecule has 2 rings (SSSR count). The highest BCUT2D eigenvalue weighted by molar-refractivity contribution is 5.95. The van der Waals surface area contributed by atoms with Gasteiger partial charge in [0.2, 0.25) is 0 Å². The van der Waals surface area contributed by atoms with E-state index in [0.717, 1.165) is 19.3 Å². The summed E-state index contributed by atoms with van der Waals surface area (Å²) in [5, 5.41) is 2.89. The molecule has 2 aromatic carbocycles. The van der Waals surface area contributed by atoms with Crippen molar-refractivity contribution in [3.05, 3.63) is 54.1 Å². The Kier molecular flexibility index (Phi) is 7.33. The Morgan fingerprint density at radius 3 is 2.48 bits per heavy atom. The van der Waals surface area contributed by atoms with Gasteiger partial charge in [-0.25, -0.2) is 0 Å². The van der Waals surface area contributed by atoms with Crippen molar-refractivity contribution in [3.63, 3.8) is 0 Å². The predicted octanol–water partition coefficient (Wildman–Crippen LogP) is 4.83. The van der Waals surface area contributed by atoms with Gasteiger partial charge >= 0.3 is 0 Å². The molecule has 1 atom stereocenters. The monoisotopic (exact) mass is 341 g/mol. The highest BCUT2D eigenvalue weighted by Gasteiger charge is 2.16. The lowest BCUT2D eigenvalue weighted by Gasteiger charge is -2.17. The van der Waals surface area contributed by atoms with Crippen molar-refractivity contribution in [1.29, 1.82) is 0 Å². The van der Waals surface area contributed by atoms with Gasteiger partial charge in [0.05, 0.1) is 12.3 Å². The third-order valence-electron chi connectivity index (χ3n) is 3.91. The zero-order valence-electron chi connectivity index (χ0n) is 15.2. The molecule has 0 fully saturated rings. The molecule has 25 heavy (non-hydrogen) atoms. The number of rotatable bonds is 9. The summed E-state index contributed by atoms with van der Waals surface area (Å²) in [4.78, 5) is 12.4. The number of para-hydroxylation sites is 2. The van der Waals surface area contributed by atoms with E-state index in [0.29, 0.717) is 23.8 Å². The van der Waals surface area contributed by atoms with E-state index >= 15 is 0 Å². The van der Waals surface area contributed by atoms with E-state index in [-0.39, 0.29) is 5.91 Å². The number of amides is 1. The van der Waals surface area contributed by atoms with Crippen LogP contribution < -0.4 is 14.8 Å². The van der Waals surface area contributed by atoms with Crippen molar-refractivity contribution < 1.29 is 14.3 Å². The highest BCUT2D eigenvalue weighted by Crippen LogP contribution is 2.24. The maximum absolute atomic E-state index is 12.4. The molecule has 0 spiro atoms. The number of unbranched alkanes of at least 4 members (excludes halogenated alkanes) is 1. The average Bonchev–Trinajstić information content (AvgIpc) is 2.64. The third kappa shape index (κ3) is 5.82. The first kappa shape index (κ1) is 18.8. The first-order valence-corrected chi connectivity index (χ1v) is 8.92. The Morgan fingerprint density at radius 2 is 1.80 bits per heavy atom. The zero-order chi connectivity index (χ0) is 18.1. The smallest absolute Gasteiger partial charge is 0.265 e. The predicted molar refractivity (Wildman–Crippen MR) is 101 cm³/mol. The van der Waals surface area contributed by atoms with Gasteiger partial charge in [-0.1, -0.05) is 44.5 Å². The molecule has 0 radical (unpaired) electrons. The molecule has 134 valence electrons. The second-order valence-corrected chi connectivity index (χ2v) is 5.95. The second kappa shape index (κ2) is 9.72. The molecule has 4 heteroatoms. The fourth-order valence-corrected chi connectivity index (χ4v) is 2.32. The van der Waals surface area contributed by atoms with Crippen LogP contribution in [-0.4, -0.2) is 18.6 Å². The zero-order valence-corrected chi connectivity index (χ0v) is 15.2. The molecule has 4 nitrogen and oxygen atoms in total. The van der Waals surface area contributed by atoms with E-state index in [1.165, 1.54) is 5.56 Å². The summed E-state index contributed by atoms with van der Waals surface area (Å²) in [6.45, 7) is 6.60.